The van der Waals surface area contributed by atoms with Crippen LogP contribution < -0.4 is 15.4 Å². The molecule has 3 aromatic rings. The Balaban J connectivity index is 1.58. The second-order valence-electron chi connectivity index (χ2n) is 5.48. The molecule has 0 fully saturated rings. The molecule has 1 heterocycles. The van der Waals surface area contributed by atoms with Crippen molar-refractivity contribution < 1.29 is 4.74 Å². The Bertz CT molecular complexity index is 912. The maximum absolute atomic E-state index is 6.04. The summed E-state index contributed by atoms with van der Waals surface area (Å²) in [7, 11) is 1.63. The van der Waals surface area contributed by atoms with Crippen molar-refractivity contribution in [1.82, 2.24) is 9.78 Å². The van der Waals surface area contributed by atoms with E-state index in [9.17, 15) is 0 Å². The van der Waals surface area contributed by atoms with Crippen LogP contribution in [-0.4, -0.2) is 22.0 Å². The van der Waals surface area contributed by atoms with Crippen molar-refractivity contribution >= 4 is 51.9 Å². The fraction of sp³-hybridized carbons (Fsp3) is 0.111. The number of nitrogens with zero attached hydrogens (tertiary/aromatic N) is 2. The number of halogens is 2. The summed E-state index contributed by atoms with van der Waals surface area (Å²) >= 11 is 17.3. The van der Waals surface area contributed by atoms with Crippen molar-refractivity contribution in [3.05, 3.63) is 70.5 Å². The van der Waals surface area contributed by atoms with Crippen LogP contribution in [0.5, 0.6) is 5.75 Å². The molecule has 2 N–H and O–H groups in total. The molecular formula is C18H16Cl2N4OS. The van der Waals surface area contributed by atoms with Crippen molar-refractivity contribution in [2.75, 3.05) is 17.7 Å². The zero-order valence-corrected chi connectivity index (χ0v) is 16.2. The molecule has 0 saturated carbocycles. The summed E-state index contributed by atoms with van der Waals surface area (Å²) in [6.45, 7) is 0.581. The Morgan fingerprint density at radius 1 is 1.08 bits per heavy atom. The molecule has 0 aliphatic heterocycles. The highest BCUT2D eigenvalue weighted by Gasteiger charge is 2.05. The van der Waals surface area contributed by atoms with E-state index >= 15 is 0 Å². The van der Waals surface area contributed by atoms with Gasteiger partial charge in [0.1, 0.15) is 5.75 Å². The summed E-state index contributed by atoms with van der Waals surface area (Å²) in [5, 5.41) is 12.1. The van der Waals surface area contributed by atoms with E-state index in [0.29, 0.717) is 21.7 Å². The monoisotopic (exact) mass is 406 g/mol. The third-order valence-corrected chi connectivity index (χ3v) is 4.51. The van der Waals surface area contributed by atoms with E-state index in [2.05, 4.69) is 15.7 Å². The molecule has 8 heteroatoms. The quantitative estimate of drug-likeness (QED) is 0.580. The molecule has 5 nitrogen and oxygen atoms in total. The number of thiocarbonyl (C=S) groups is 1. The molecular weight excluding hydrogens is 391 g/mol. The van der Waals surface area contributed by atoms with E-state index in [1.165, 1.54) is 0 Å². The first-order valence-corrected chi connectivity index (χ1v) is 8.88. The Kier molecular flexibility index (Phi) is 5.98. The van der Waals surface area contributed by atoms with E-state index in [0.717, 1.165) is 22.7 Å². The molecule has 134 valence electrons. The SMILES string of the molecule is COc1ccc(NC(=S)Nc2cnn(Cc3ccc(Cl)c(Cl)c3)c2)cc1. The lowest BCUT2D eigenvalue weighted by Crippen LogP contribution is -2.18. The number of anilines is 2. The average Bonchev–Trinajstić information content (AvgIpc) is 3.05. The lowest BCUT2D eigenvalue weighted by atomic mass is 10.2. The largest absolute Gasteiger partial charge is 0.497 e. The average molecular weight is 407 g/mol. The van der Waals surface area contributed by atoms with Crippen molar-refractivity contribution in [2.45, 2.75) is 6.54 Å². The van der Waals surface area contributed by atoms with Crippen LogP contribution in [0.3, 0.4) is 0 Å². The third kappa shape index (κ3) is 4.88. The van der Waals surface area contributed by atoms with E-state index in [-0.39, 0.29) is 0 Å². The number of aromatic nitrogens is 2. The van der Waals surface area contributed by atoms with Gasteiger partial charge in [-0.15, -0.1) is 0 Å². The number of hydrogen-bond acceptors (Lipinski definition) is 3. The van der Waals surface area contributed by atoms with Crippen LogP contribution in [0, 0.1) is 0 Å². The number of methoxy groups -OCH3 is 1. The van der Waals surface area contributed by atoms with Gasteiger partial charge in [-0.2, -0.15) is 5.10 Å². The molecule has 26 heavy (non-hydrogen) atoms. The van der Waals surface area contributed by atoms with Crippen LogP contribution >= 0.6 is 35.4 Å². The van der Waals surface area contributed by atoms with Gasteiger partial charge in [-0.3, -0.25) is 4.68 Å². The highest BCUT2D eigenvalue weighted by Crippen LogP contribution is 2.23. The molecule has 0 unspecified atom stereocenters. The Labute approximate surface area is 166 Å². The van der Waals surface area contributed by atoms with Crippen LogP contribution in [0.4, 0.5) is 11.4 Å². The van der Waals surface area contributed by atoms with Gasteiger partial charge in [0.05, 0.1) is 35.6 Å². The van der Waals surface area contributed by atoms with Gasteiger partial charge < -0.3 is 15.4 Å². The van der Waals surface area contributed by atoms with Gasteiger partial charge in [0, 0.05) is 11.9 Å². The second-order valence-corrected chi connectivity index (χ2v) is 6.71. The predicted octanol–water partition coefficient (Wildman–Crippen LogP) is 5.06. The van der Waals surface area contributed by atoms with Crippen molar-refractivity contribution in [1.29, 1.82) is 0 Å². The van der Waals surface area contributed by atoms with E-state index in [4.69, 9.17) is 40.2 Å². The number of ether oxygens (including phenoxy) is 1. The number of rotatable bonds is 5. The molecule has 1 aromatic heterocycles. The summed E-state index contributed by atoms with van der Waals surface area (Å²) in [6.07, 6.45) is 3.57. The normalized spacial score (nSPS) is 10.4. The maximum Gasteiger partial charge on any atom is 0.175 e. The fourth-order valence-corrected chi connectivity index (χ4v) is 2.86. The second kappa shape index (κ2) is 8.40. The highest BCUT2D eigenvalue weighted by atomic mass is 35.5. The topological polar surface area (TPSA) is 51.1 Å². The van der Waals surface area contributed by atoms with Crippen LogP contribution in [0.25, 0.3) is 0 Å². The van der Waals surface area contributed by atoms with Crippen molar-refractivity contribution in [2.24, 2.45) is 0 Å². The summed E-state index contributed by atoms with van der Waals surface area (Å²) < 4.78 is 6.92. The minimum atomic E-state index is 0.476. The predicted molar refractivity (Wildman–Crippen MR) is 111 cm³/mol. The lowest BCUT2D eigenvalue weighted by Gasteiger charge is -2.09. The van der Waals surface area contributed by atoms with Gasteiger partial charge in [0.2, 0.25) is 0 Å². The molecule has 0 amide bonds. The standard InChI is InChI=1S/C18H16Cl2N4OS/c1-25-15-5-3-13(4-6-15)22-18(26)23-14-9-21-24(11-14)10-12-2-7-16(19)17(20)8-12/h2-9,11H,10H2,1H3,(H2,22,23,26). The molecule has 0 aliphatic rings. The van der Waals surface area contributed by atoms with Crippen molar-refractivity contribution in [3.63, 3.8) is 0 Å². The number of benzene rings is 2. The molecule has 0 bridgehead atoms. The Hall–Kier alpha value is -2.28. The van der Waals surface area contributed by atoms with E-state index in [1.807, 2.05) is 42.6 Å². The molecule has 0 aliphatic carbocycles. The lowest BCUT2D eigenvalue weighted by molar-refractivity contribution is 0.415. The van der Waals surface area contributed by atoms with Crippen LogP contribution in [0.1, 0.15) is 5.56 Å². The minimum absolute atomic E-state index is 0.476. The smallest absolute Gasteiger partial charge is 0.175 e. The first-order chi connectivity index (χ1) is 12.5. The number of nitrogens with one attached hydrogen (secondary N) is 2. The molecule has 2 aromatic carbocycles. The minimum Gasteiger partial charge on any atom is -0.497 e. The molecule has 0 atom stereocenters. The van der Waals surface area contributed by atoms with Gasteiger partial charge in [-0.25, -0.2) is 0 Å². The van der Waals surface area contributed by atoms with Gasteiger partial charge in [-0.05, 0) is 54.2 Å². The molecule has 3 rings (SSSR count). The summed E-state index contributed by atoms with van der Waals surface area (Å²) in [5.41, 5.74) is 2.66. The summed E-state index contributed by atoms with van der Waals surface area (Å²) in [4.78, 5) is 0. The van der Waals surface area contributed by atoms with Crippen molar-refractivity contribution in [3.8, 4) is 5.75 Å². The Morgan fingerprint density at radius 2 is 1.81 bits per heavy atom. The fourth-order valence-electron chi connectivity index (χ4n) is 2.31. The first-order valence-electron chi connectivity index (χ1n) is 7.72. The van der Waals surface area contributed by atoms with Crippen LogP contribution in [-0.2, 0) is 6.54 Å². The number of hydrogen-bond donors (Lipinski definition) is 2. The van der Waals surface area contributed by atoms with Gasteiger partial charge in [0.15, 0.2) is 5.11 Å². The Morgan fingerprint density at radius 3 is 2.50 bits per heavy atom. The van der Waals surface area contributed by atoms with Gasteiger partial charge in [0.25, 0.3) is 0 Å². The first kappa shape index (κ1) is 18.5. The highest BCUT2D eigenvalue weighted by molar-refractivity contribution is 7.80. The zero-order valence-electron chi connectivity index (χ0n) is 13.9. The zero-order chi connectivity index (χ0) is 18.5. The summed E-state index contributed by atoms with van der Waals surface area (Å²) in [5.74, 6) is 0.790. The molecule has 0 radical (unpaired) electrons. The third-order valence-electron chi connectivity index (χ3n) is 3.57. The van der Waals surface area contributed by atoms with Gasteiger partial charge >= 0.3 is 0 Å². The maximum atomic E-state index is 6.04. The van der Waals surface area contributed by atoms with E-state index < -0.39 is 0 Å². The molecule has 0 saturated heterocycles. The molecule has 0 spiro atoms. The summed E-state index contributed by atoms with van der Waals surface area (Å²) in [6, 6.07) is 13.0. The van der Waals surface area contributed by atoms with Gasteiger partial charge in [-0.1, -0.05) is 29.3 Å². The van der Waals surface area contributed by atoms with Crippen LogP contribution in [0.15, 0.2) is 54.9 Å². The van der Waals surface area contributed by atoms with Crippen LogP contribution in [0.2, 0.25) is 10.0 Å². The van der Waals surface area contributed by atoms with E-state index in [1.54, 1.807) is 24.1 Å².